The lowest BCUT2D eigenvalue weighted by molar-refractivity contribution is 0.174. The second kappa shape index (κ2) is 4.38. The van der Waals surface area contributed by atoms with Gasteiger partial charge in [0.05, 0.1) is 11.4 Å². The number of ether oxygens (including phenoxy) is 2. The van der Waals surface area contributed by atoms with Crippen LogP contribution in [0.1, 0.15) is 12.6 Å². The summed E-state index contributed by atoms with van der Waals surface area (Å²) in [4.78, 5) is 0. The maximum atomic E-state index is 6.04. The van der Waals surface area contributed by atoms with E-state index < -0.39 is 0 Å². The van der Waals surface area contributed by atoms with Gasteiger partial charge >= 0.3 is 0 Å². The average molecular weight is 260 g/mol. The highest BCUT2D eigenvalue weighted by Gasteiger charge is 2.15. The summed E-state index contributed by atoms with van der Waals surface area (Å²) in [7, 11) is 0. The minimum absolute atomic E-state index is 0.271. The number of aryl methyl sites for hydroxylation is 2. The van der Waals surface area contributed by atoms with Crippen LogP contribution in [-0.4, -0.2) is 16.6 Å². The quantitative estimate of drug-likeness (QED) is 0.885. The van der Waals surface area contributed by atoms with Gasteiger partial charge in [-0.05, 0) is 26.0 Å². The van der Waals surface area contributed by atoms with Crippen LogP contribution in [0.3, 0.4) is 0 Å². The predicted molar refractivity (Wildman–Crippen MR) is 72.9 cm³/mol. The van der Waals surface area contributed by atoms with Gasteiger partial charge in [-0.15, -0.1) is 0 Å². The number of fused-ring (bicyclic) bond motifs is 1. The molecule has 1 aliphatic heterocycles. The van der Waals surface area contributed by atoms with E-state index in [0.29, 0.717) is 5.69 Å². The number of rotatable bonds is 3. The zero-order valence-corrected chi connectivity index (χ0v) is 10.9. The number of nitrogen functional groups attached to an aromatic ring is 1. The van der Waals surface area contributed by atoms with E-state index in [0.717, 1.165) is 35.2 Å². The predicted octanol–water partition coefficient (Wildman–Crippen LogP) is 2.27. The van der Waals surface area contributed by atoms with Gasteiger partial charge in [-0.25, -0.2) is 4.68 Å². The Hall–Kier alpha value is -2.37. The number of nitrogens with zero attached hydrogens (tertiary/aromatic N) is 2. The number of aromatic nitrogens is 2. The first-order chi connectivity index (χ1) is 9.19. The molecule has 19 heavy (non-hydrogen) atoms. The van der Waals surface area contributed by atoms with Gasteiger partial charge in [-0.2, -0.15) is 5.10 Å². The molecule has 6 nitrogen and oxygen atoms in total. The molecular formula is C13H16N4O2. The highest BCUT2D eigenvalue weighted by atomic mass is 16.7. The molecule has 3 N–H and O–H groups in total. The number of hydrogen-bond acceptors (Lipinski definition) is 5. The van der Waals surface area contributed by atoms with Crippen molar-refractivity contribution in [1.29, 1.82) is 0 Å². The normalized spacial score (nSPS) is 12.7. The smallest absolute Gasteiger partial charge is 0.231 e. The number of nitrogens with two attached hydrogens (primary N) is 1. The minimum Gasteiger partial charge on any atom is -0.454 e. The van der Waals surface area contributed by atoms with Crippen LogP contribution in [0, 0.1) is 6.92 Å². The molecule has 0 unspecified atom stereocenters. The zero-order chi connectivity index (χ0) is 13.4. The van der Waals surface area contributed by atoms with Crippen LogP contribution in [0.15, 0.2) is 18.2 Å². The van der Waals surface area contributed by atoms with Crippen LogP contribution in [0.2, 0.25) is 0 Å². The lowest BCUT2D eigenvalue weighted by atomic mass is 10.2. The molecule has 1 aliphatic rings. The van der Waals surface area contributed by atoms with Crippen molar-refractivity contribution in [2.45, 2.75) is 20.4 Å². The van der Waals surface area contributed by atoms with E-state index >= 15 is 0 Å². The second-order valence-corrected chi connectivity index (χ2v) is 4.36. The summed E-state index contributed by atoms with van der Waals surface area (Å²) in [6, 6.07) is 5.69. The SMILES string of the molecule is CCn1nc(C)c(N)c1Nc1ccc2c(c1)OCO2. The summed E-state index contributed by atoms with van der Waals surface area (Å²) in [5.74, 6) is 2.31. The average Bonchev–Trinajstić information content (AvgIpc) is 2.98. The van der Waals surface area contributed by atoms with Crippen molar-refractivity contribution in [2.24, 2.45) is 0 Å². The van der Waals surface area contributed by atoms with Crippen molar-refractivity contribution in [2.75, 3.05) is 17.8 Å². The van der Waals surface area contributed by atoms with Gasteiger partial charge < -0.3 is 20.5 Å². The fourth-order valence-electron chi connectivity index (χ4n) is 2.07. The lowest BCUT2D eigenvalue weighted by Crippen LogP contribution is -2.04. The Labute approximate surface area is 111 Å². The molecule has 0 bridgehead atoms. The Bertz CT molecular complexity index is 621. The molecule has 0 atom stereocenters. The molecule has 0 saturated carbocycles. The molecule has 2 heterocycles. The first kappa shape index (κ1) is 11.7. The number of anilines is 3. The van der Waals surface area contributed by atoms with Gasteiger partial charge in [-0.3, -0.25) is 0 Å². The van der Waals surface area contributed by atoms with Gasteiger partial charge in [0.15, 0.2) is 17.3 Å². The molecule has 0 amide bonds. The standard InChI is InChI=1S/C13H16N4O2/c1-3-17-13(12(14)8(2)16-17)15-9-4-5-10-11(6-9)19-7-18-10/h4-6,15H,3,7,14H2,1-2H3. The maximum Gasteiger partial charge on any atom is 0.231 e. The van der Waals surface area contributed by atoms with Crippen LogP contribution in [0.5, 0.6) is 11.5 Å². The molecule has 6 heteroatoms. The largest absolute Gasteiger partial charge is 0.454 e. The molecule has 100 valence electrons. The van der Waals surface area contributed by atoms with Crippen LogP contribution in [0.25, 0.3) is 0 Å². The highest BCUT2D eigenvalue weighted by Crippen LogP contribution is 2.36. The van der Waals surface area contributed by atoms with Crippen LogP contribution in [-0.2, 0) is 6.54 Å². The van der Waals surface area contributed by atoms with Crippen molar-refractivity contribution >= 4 is 17.2 Å². The van der Waals surface area contributed by atoms with Crippen LogP contribution in [0.4, 0.5) is 17.2 Å². The lowest BCUT2D eigenvalue weighted by Gasteiger charge is -2.09. The van der Waals surface area contributed by atoms with Gasteiger partial charge in [0.25, 0.3) is 0 Å². The molecule has 2 aromatic rings. The van der Waals surface area contributed by atoms with E-state index in [1.54, 1.807) is 0 Å². The molecule has 0 fully saturated rings. The fraction of sp³-hybridized carbons (Fsp3) is 0.308. The molecule has 3 rings (SSSR count). The summed E-state index contributed by atoms with van der Waals surface area (Å²) in [5, 5.41) is 7.65. The van der Waals surface area contributed by atoms with Crippen molar-refractivity contribution in [3.63, 3.8) is 0 Å². The first-order valence-electron chi connectivity index (χ1n) is 6.18. The van der Waals surface area contributed by atoms with Crippen molar-refractivity contribution in [3.05, 3.63) is 23.9 Å². The Kier molecular flexibility index (Phi) is 2.70. The monoisotopic (exact) mass is 260 g/mol. The second-order valence-electron chi connectivity index (χ2n) is 4.36. The molecular weight excluding hydrogens is 244 g/mol. The summed E-state index contributed by atoms with van der Waals surface area (Å²) in [6.45, 7) is 4.95. The molecule has 1 aromatic heterocycles. The summed E-state index contributed by atoms with van der Waals surface area (Å²) >= 11 is 0. The van der Waals surface area contributed by atoms with Crippen molar-refractivity contribution in [1.82, 2.24) is 9.78 Å². The van der Waals surface area contributed by atoms with E-state index in [2.05, 4.69) is 10.4 Å². The first-order valence-corrected chi connectivity index (χ1v) is 6.18. The molecule has 0 spiro atoms. The highest BCUT2D eigenvalue weighted by molar-refractivity contribution is 5.72. The van der Waals surface area contributed by atoms with E-state index in [9.17, 15) is 0 Å². The van der Waals surface area contributed by atoms with Gasteiger partial charge in [0.1, 0.15) is 0 Å². The molecule has 1 aromatic carbocycles. The van der Waals surface area contributed by atoms with Crippen molar-refractivity contribution < 1.29 is 9.47 Å². The van der Waals surface area contributed by atoms with E-state index in [1.807, 2.05) is 36.7 Å². The summed E-state index contributed by atoms with van der Waals surface area (Å²) in [5.41, 5.74) is 8.42. The van der Waals surface area contributed by atoms with Gasteiger partial charge in [-0.1, -0.05) is 0 Å². The van der Waals surface area contributed by atoms with Gasteiger partial charge in [0.2, 0.25) is 6.79 Å². The Balaban J connectivity index is 1.93. The summed E-state index contributed by atoms with van der Waals surface area (Å²) in [6.07, 6.45) is 0. The van der Waals surface area contributed by atoms with E-state index in [-0.39, 0.29) is 6.79 Å². The summed E-state index contributed by atoms with van der Waals surface area (Å²) < 4.78 is 12.5. The number of hydrogen-bond donors (Lipinski definition) is 2. The third-order valence-corrected chi connectivity index (χ3v) is 3.11. The Morgan fingerprint density at radius 2 is 2.16 bits per heavy atom. The van der Waals surface area contributed by atoms with Crippen LogP contribution < -0.4 is 20.5 Å². The van der Waals surface area contributed by atoms with Crippen molar-refractivity contribution in [3.8, 4) is 11.5 Å². The number of nitrogens with one attached hydrogen (secondary N) is 1. The fourth-order valence-corrected chi connectivity index (χ4v) is 2.07. The zero-order valence-electron chi connectivity index (χ0n) is 10.9. The van der Waals surface area contributed by atoms with Crippen LogP contribution >= 0.6 is 0 Å². The third kappa shape index (κ3) is 1.95. The molecule has 0 aliphatic carbocycles. The van der Waals surface area contributed by atoms with Gasteiger partial charge in [0, 0.05) is 18.3 Å². The maximum absolute atomic E-state index is 6.04. The Morgan fingerprint density at radius 3 is 2.95 bits per heavy atom. The van der Waals surface area contributed by atoms with E-state index in [4.69, 9.17) is 15.2 Å². The Morgan fingerprint density at radius 1 is 1.37 bits per heavy atom. The topological polar surface area (TPSA) is 74.3 Å². The molecule has 0 saturated heterocycles. The molecule has 0 radical (unpaired) electrons. The van der Waals surface area contributed by atoms with E-state index in [1.165, 1.54) is 0 Å². The third-order valence-electron chi connectivity index (χ3n) is 3.11. The number of benzene rings is 1. The minimum atomic E-state index is 0.271.